The molecule has 10 heavy (non-hydrogen) atoms. The number of carbonyl (C=O) groups excluding carboxylic acids is 2. The molecular formula is C5H9N3O2. The van der Waals surface area contributed by atoms with E-state index in [1.807, 2.05) is 5.32 Å². The minimum atomic E-state index is -0.663. The Labute approximate surface area is 58.7 Å². The van der Waals surface area contributed by atoms with Gasteiger partial charge in [-0.05, 0) is 0 Å². The van der Waals surface area contributed by atoms with Crippen molar-refractivity contribution in [3.63, 3.8) is 0 Å². The van der Waals surface area contributed by atoms with Crippen molar-refractivity contribution in [2.24, 2.45) is 4.99 Å². The third-order valence-corrected chi connectivity index (χ3v) is 0.588. The Balaban J connectivity index is 3.66. The van der Waals surface area contributed by atoms with Crippen molar-refractivity contribution in [2.45, 2.75) is 0 Å². The SMILES string of the molecule is CN(C)/C=N/C(=O)NC=O. The normalized spacial score (nSPS) is 9.40. The van der Waals surface area contributed by atoms with Crippen LogP contribution in [0.1, 0.15) is 0 Å². The lowest BCUT2D eigenvalue weighted by Gasteiger charge is -2.00. The van der Waals surface area contributed by atoms with Crippen LogP contribution < -0.4 is 5.32 Å². The second-order valence-electron chi connectivity index (χ2n) is 1.78. The molecule has 0 heterocycles. The highest BCUT2D eigenvalue weighted by Gasteiger charge is 1.90. The second-order valence-corrected chi connectivity index (χ2v) is 1.78. The van der Waals surface area contributed by atoms with Crippen LogP contribution in [0.5, 0.6) is 0 Å². The number of rotatable bonds is 2. The Morgan fingerprint density at radius 3 is 2.60 bits per heavy atom. The molecule has 0 unspecified atom stereocenters. The number of amides is 3. The first kappa shape index (κ1) is 8.61. The molecule has 0 saturated heterocycles. The Morgan fingerprint density at radius 1 is 1.60 bits per heavy atom. The van der Waals surface area contributed by atoms with Crippen LogP contribution >= 0.6 is 0 Å². The summed E-state index contributed by atoms with van der Waals surface area (Å²) in [6, 6.07) is -0.663. The molecule has 0 spiro atoms. The summed E-state index contributed by atoms with van der Waals surface area (Å²) < 4.78 is 0. The lowest BCUT2D eigenvalue weighted by Crippen LogP contribution is -2.19. The molecular weight excluding hydrogens is 134 g/mol. The zero-order valence-electron chi connectivity index (χ0n) is 5.87. The minimum Gasteiger partial charge on any atom is -0.369 e. The van der Waals surface area contributed by atoms with E-state index in [0.717, 1.165) is 0 Å². The molecule has 1 N–H and O–H groups in total. The van der Waals surface area contributed by atoms with Crippen LogP contribution in [-0.4, -0.2) is 37.8 Å². The lowest BCUT2D eigenvalue weighted by molar-refractivity contribution is -0.108. The molecule has 0 atom stereocenters. The molecule has 0 aromatic carbocycles. The summed E-state index contributed by atoms with van der Waals surface area (Å²) in [7, 11) is 3.44. The molecule has 0 fully saturated rings. The van der Waals surface area contributed by atoms with Gasteiger partial charge in [0.2, 0.25) is 6.41 Å². The molecule has 0 aliphatic rings. The average Bonchev–Trinajstić information content (AvgIpc) is 1.85. The molecule has 0 aliphatic carbocycles. The second kappa shape index (κ2) is 4.49. The van der Waals surface area contributed by atoms with Gasteiger partial charge in [0.05, 0.1) is 6.34 Å². The van der Waals surface area contributed by atoms with E-state index in [1.54, 1.807) is 19.0 Å². The van der Waals surface area contributed by atoms with Gasteiger partial charge in [0.15, 0.2) is 0 Å². The zero-order valence-corrected chi connectivity index (χ0v) is 5.87. The van der Waals surface area contributed by atoms with Crippen molar-refractivity contribution in [3.05, 3.63) is 0 Å². The summed E-state index contributed by atoms with van der Waals surface area (Å²) in [6.45, 7) is 0. The van der Waals surface area contributed by atoms with Crippen molar-refractivity contribution in [3.8, 4) is 0 Å². The van der Waals surface area contributed by atoms with E-state index in [9.17, 15) is 9.59 Å². The van der Waals surface area contributed by atoms with Crippen LogP contribution in [0, 0.1) is 0 Å². The molecule has 0 aromatic rings. The summed E-state index contributed by atoms with van der Waals surface area (Å²) in [4.78, 5) is 24.9. The van der Waals surface area contributed by atoms with E-state index in [0.29, 0.717) is 0 Å². The molecule has 0 aromatic heterocycles. The number of carbonyl (C=O) groups is 2. The monoisotopic (exact) mass is 143 g/mol. The van der Waals surface area contributed by atoms with Gasteiger partial charge in [-0.1, -0.05) is 0 Å². The minimum absolute atomic E-state index is 0.287. The lowest BCUT2D eigenvalue weighted by atomic mass is 10.9. The Hall–Kier alpha value is -1.39. The molecule has 0 saturated carbocycles. The summed E-state index contributed by atoms with van der Waals surface area (Å²) >= 11 is 0. The van der Waals surface area contributed by atoms with Crippen LogP contribution in [-0.2, 0) is 4.79 Å². The molecule has 0 rings (SSSR count). The third kappa shape index (κ3) is 4.76. The molecule has 0 radical (unpaired) electrons. The first-order valence-corrected chi connectivity index (χ1v) is 2.61. The summed E-state index contributed by atoms with van der Waals surface area (Å²) in [5.41, 5.74) is 0. The predicted molar refractivity (Wildman–Crippen MR) is 36.8 cm³/mol. The molecule has 0 aliphatic heterocycles. The van der Waals surface area contributed by atoms with Gasteiger partial charge in [0.1, 0.15) is 0 Å². The molecule has 0 bridgehead atoms. The van der Waals surface area contributed by atoms with Crippen molar-refractivity contribution < 1.29 is 9.59 Å². The van der Waals surface area contributed by atoms with Crippen LogP contribution in [0.3, 0.4) is 0 Å². The Bertz CT molecular complexity index is 153. The number of nitrogens with zero attached hydrogens (tertiary/aromatic N) is 2. The highest BCUT2D eigenvalue weighted by Crippen LogP contribution is 1.70. The van der Waals surface area contributed by atoms with E-state index < -0.39 is 6.03 Å². The third-order valence-electron chi connectivity index (χ3n) is 0.588. The van der Waals surface area contributed by atoms with Crippen LogP contribution in [0.15, 0.2) is 4.99 Å². The molecule has 56 valence electrons. The van der Waals surface area contributed by atoms with Gasteiger partial charge in [-0.3, -0.25) is 10.1 Å². The maximum Gasteiger partial charge on any atom is 0.348 e. The highest BCUT2D eigenvalue weighted by atomic mass is 16.2. The van der Waals surface area contributed by atoms with Gasteiger partial charge < -0.3 is 4.90 Å². The fourth-order valence-corrected chi connectivity index (χ4v) is 0.256. The zero-order chi connectivity index (χ0) is 7.98. The van der Waals surface area contributed by atoms with Crippen molar-refractivity contribution in [1.29, 1.82) is 0 Å². The van der Waals surface area contributed by atoms with Gasteiger partial charge in [0.25, 0.3) is 0 Å². The summed E-state index contributed by atoms with van der Waals surface area (Å²) in [5.74, 6) is 0. The van der Waals surface area contributed by atoms with E-state index >= 15 is 0 Å². The Morgan fingerprint density at radius 2 is 2.20 bits per heavy atom. The molecule has 5 nitrogen and oxygen atoms in total. The smallest absolute Gasteiger partial charge is 0.348 e. The fraction of sp³-hybridized carbons (Fsp3) is 0.400. The number of hydrogen-bond donors (Lipinski definition) is 1. The molecule has 3 amide bonds. The predicted octanol–water partition coefficient (Wildman–Crippen LogP) is -0.558. The van der Waals surface area contributed by atoms with E-state index in [1.165, 1.54) is 6.34 Å². The fourth-order valence-electron chi connectivity index (χ4n) is 0.256. The van der Waals surface area contributed by atoms with E-state index in [2.05, 4.69) is 4.99 Å². The number of aliphatic imine (C=N–C) groups is 1. The first-order chi connectivity index (χ1) is 4.66. The molecule has 5 heteroatoms. The van der Waals surface area contributed by atoms with Crippen molar-refractivity contribution in [1.82, 2.24) is 10.2 Å². The number of nitrogens with one attached hydrogen (secondary N) is 1. The van der Waals surface area contributed by atoms with Gasteiger partial charge >= 0.3 is 6.03 Å². The summed E-state index contributed by atoms with van der Waals surface area (Å²) in [5, 5.41) is 1.86. The van der Waals surface area contributed by atoms with Gasteiger partial charge in [-0.15, -0.1) is 0 Å². The largest absolute Gasteiger partial charge is 0.369 e. The first-order valence-electron chi connectivity index (χ1n) is 2.61. The highest BCUT2D eigenvalue weighted by molar-refractivity contribution is 5.89. The van der Waals surface area contributed by atoms with Gasteiger partial charge in [0, 0.05) is 14.1 Å². The average molecular weight is 143 g/mol. The van der Waals surface area contributed by atoms with Crippen LogP contribution in [0.25, 0.3) is 0 Å². The van der Waals surface area contributed by atoms with Crippen molar-refractivity contribution >= 4 is 18.8 Å². The maximum absolute atomic E-state index is 10.4. The number of imide groups is 1. The van der Waals surface area contributed by atoms with Crippen molar-refractivity contribution in [2.75, 3.05) is 14.1 Å². The van der Waals surface area contributed by atoms with Gasteiger partial charge in [-0.2, -0.15) is 4.99 Å². The standard InChI is InChI=1S/C5H9N3O2/c1-8(2)3-6-5(10)7-4-9/h3-4H,1-2H3,(H,7,9,10)/b6-3+. The summed E-state index contributed by atoms with van der Waals surface area (Å²) in [6.07, 6.45) is 1.59. The van der Waals surface area contributed by atoms with Gasteiger partial charge in [-0.25, -0.2) is 4.79 Å². The topological polar surface area (TPSA) is 61.8 Å². The van der Waals surface area contributed by atoms with Crippen LogP contribution in [0.4, 0.5) is 4.79 Å². The number of urea groups is 1. The maximum atomic E-state index is 10.4. The van der Waals surface area contributed by atoms with E-state index in [4.69, 9.17) is 0 Å². The van der Waals surface area contributed by atoms with E-state index in [-0.39, 0.29) is 6.41 Å². The van der Waals surface area contributed by atoms with Crippen LogP contribution in [0.2, 0.25) is 0 Å². The quantitative estimate of drug-likeness (QED) is 0.320. The Kier molecular flexibility index (Phi) is 3.86. The number of hydrogen-bond acceptors (Lipinski definition) is 2.